The molecule has 1 aromatic carbocycles. The summed E-state index contributed by atoms with van der Waals surface area (Å²) in [5.74, 6) is 0.0329. The Bertz CT molecular complexity index is 371. The van der Waals surface area contributed by atoms with Crippen LogP contribution in [0.15, 0.2) is 30.3 Å². The van der Waals surface area contributed by atoms with Crippen molar-refractivity contribution in [3.05, 3.63) is 35.9 Å². The number of methoxy groups -OCH3 is 1. The highest BCUT2D eigenvalue weighted by atomic mass is 16.5. The van der Waals surface area contributed by atoms with Crippen molar-refractivity contribution in [3.63, 3.8) is 0 Å². The minimum atomic E-state index is 0.0329. The van der Waals surface area contributed by atoms with E-state index in [1.165, 1.54) is 5.56 Å². The first-order valence-corrected chi connectivity index (χ1v) is 6.98. The Hall–Kier alpha value is -1.43. The van der Waals surface area contributed by atoms with E-state index in [4.69, 9.17) is 10.5 Å². The standard InChI is InChI=1S/C15H25N3O2/c1-20-11-5-9-17-15(19)13-18(10-8-16)12-14-6-3-2-4-7-14/h2-4,6-7H,5,8-13,16H2,1H3,(H,17,19). The highest BCUT2D eigenvalue weighted by molar-refractivity contribution is 5.77. The fraction of sp³-hybridized carbons (Fsp3) is 0.533. The van der Waals surface area contributed by atoms with Crippen LogP contribution in [0.1, 0.15) is 12.0 Å². The summed E-state index contributed by atoms with van der Waals surface area (Å²) >= 11 is 0. The number of amides is 1. The molecule has 0 unspecified atom stereocenters. The number of ether oxygens (including phenoxy) is 1. The molecule has 0 aromatic heterocycles. The van der Waals surface area contributed by atoms with Gasteiger partial charge in [0.1, 0.15) is 0 Å². The fourth-order valence-electron chi connectivity index (χ4n) is 1.94. The molecule has 0 aliphatic heterocycles. The van der Waals surface area contributed by atoms with E-state index in [0.29, 0.717) is 32.8 Å². The number of nitrogens with zero attached hydrogens (tertiary/aromatic N) is 1. The molecule has 1 aromatic rings. The molecule has 0 heterocycles. The zero-order chi connectivity index (χ0) is 14.6. The molecule has 0 spiro atoms. The van der Waals surface area contributed by atoms with Crippen LogP contribution in [0.4, 0.5) is 0 Å². The minimum absolute atomic E-state index is 0.0329. The van der Waals surface area contributed by atoms with Gasteiger partial charge in [-0.15, -0.1) is 0 Å². The quantitative estimate of drug-likeness (QED) is 0.616. The number of nitrogens with one attached hydrogen (secondary N) is 1. The summed E-state index contributed by atoms with van der Waals surface area (Å²) in [6.07, 6.45) is 0.831. The van der Waals surface area contributed by atoms with Gasteiger partial charge >= 0.3 is 0 Å². The lowest BCUT2D eigenvalue weighted by Crippen LogP contribution is -2.39. The number of nitrogens with two attached hydrogens (primary N) is 1. The van der Waals surface area contributed by atoms with E-state index in [9.17, 15) is 4.79 Å². The summed E-state index contributed by atoms with van der Waals surface area (Å²) in [6, 6.07) is 10.1. The van der Waals surface area contributed by atoms with Gasteiger partial charge in [0.15, 0.2) is 0 Å². The average Bonchev–Trinajstić information content (AvgIpc) is 2.45. The second-order valence-corrected chi connectivity index (χ2v) is 4.68. The number of hydrogen-bond acceptors (Lipinski definition) is 4. The maximum Gasteiger partial charge on any atom is 0.234 e. The maximum atomic E-state index is 11.8. The van der Waals surface area contributed by atoms with Gasteiger partial charge in [0.2, 0.25) is 5.91 Å². The summed E-state index contributed by atoms with van der Waals surface area (Å²) in [7, 11) is 1.66. The van der Waals surface area contributed by atoms with Crippen LogP contribution >= 0.6 is 0 Å². The van der Waals surface area contributed by atoms with Crippen LogP contribution in [0.25, 0.3) is 0 Å². The van der Waals surface area contributed by atoms with Gasteiger partial charge in [0.05, 0.1) is 6.54 Å². The molecule has 0 saturated heterocycles. The molecule has 20 heavy (non-hydrogen) atoms. The average molecular weight is 279 g/mol. The zero-order valence-corrected chi connectivity index (χ0v) is 12.2. The molecule has 0 fully saturated rings. The molecule has 0 aliphatic rings. The Balaban J connectivity index is 2.36. The summed E-state index contributed by atoms with van der Waals surface area (Å²) in [6.45, 7) is 3.68. The van der Waals surface area contributed by atoms with Gasteiger partial charge in [-0.2, -0.15) is 0 Å². The van der Waals surface area contributed by atoms with Gasteiger partial charge in [0, 0.05) is 39.9 Å². The van der Waals surface area contributed by atoms with Gasteiger partial charge in [-0.1, -0.05) is 30.3 Å². The highest BCUT2D eigenvalue weighted by Crippen LogP contribution is 2.03. The Morgan fingerprint density at radius 2 is 2.10 bits per heavy atom. The fourth-order valence-corrected chi connectivity index (χ4v) is 1.94. The van der Waals surface area contributed by atoms with E-state index >= 15 is 0 Å². The number of rotatable bonds is 10. The van der Waals surface area contributed by atoms with E-state index in [1.807, 2.05) is 18.2 Å². The summed E-state index contributed by atoms with van der Waals surface area (Å²) in [5, 5.41) is 2.89. The van der Waals surface area contributed by atoms with Crippen LogP contribution in [0.5, 0.6) is 0 Å². The van der Waals surface area contributed by atoms with E-state index in [-0.39, 0.29) is 5.91 Å². The molecule has 5 heteroatoms. The molecule has 5 nitrogen and oxygen atoms in total. The van der Waals surface area contributed by atoms with Crippen LogP contribution in [0.3, 0.4) is 0 Å². The van der Waals surface area contributed by atoms with Crippen molar-refractivity contribution in [1.82, 2.24) is 10.2 Å². The van der Waals surface area contributed by atoms with Crippen LogP contribution in [-0.4, -0.2) is 50.7 Å². The van der Waals surface area contributed by atoms with Crippen molar-refractivity contribution in [1.29, 1.82) is 0 Å². The van der Waals surface area contributed by atoms with Crippen LogP contribution in [0.2, 0.25) is 0 Å². The summed E-state index contributed by atoms with van der Waals surface area (Å²) in [5.41, 5.74) is 6.80. The van der Waals surface area contributed by atoms with Crippen molar-refractivity contribution in [2.24, 2.45) is 5.73 Å². The monoisotopic (exact) mass is 279 g/mol. The number of hydrogen-bond donors (Lipinski definition) is 2. The molecular formula is C15H25N3O2. The predicted molar refractivity (Wildman–Crippen MR) is 80.3 cm³/mol. The van der Waals surface area contributed by atoms with Gasteiger partial charge in [-0.3, -0.25) is 9.69 Å². The first-order valence-electron chi connectivity index (χ1n) is 6.98. The van der Waals surface area contributed by atoms with Crippen molar-refractivity contribution >= 4 is 5.91 Å². The third kappa shape index (κ3) is 7.23. The van der Waals surface area contributed by atoms with Crippen molar-refractivity contribution in [2.75, 3.05) is 39.9 Å². The van der Waals surface area contributed by atoms with Gasteiger partial charge < -0.3 is 15.8 Å². The van der Waals surface area contributed by atoms with Crippen molar-refractivity contribution in [3.8, 4) is 0 Å². The van der Waals surface area contributed by atoms with Crippen LogP contribution in [-0.2, 0) is 16.1 Å². The Morgan fingerprint density at radius 1 is 1.35 bits per heavy atom. The molecule has 1 amide bonds. The minimum Gasteiger partial charge on any atom is -0.385 e. The number of carbonyl (C=O) groups excluding carboxylic acids is 1. The van der Waals surface area contributed by atoms with E-state index in [1.54, 1.807) is 7.11 Å². The molecule has 0 aliphatic carbocycles. The van der Waals surface area contributed by atoms with Crippen molar-refractivity contribution in [2.45, 2.75) is 13.0 Å². The smallest absolute Gasteiger partial charge is 0.234 e. The first kappa shape index (κ1) is 16.6. The summed E-state index contributed by atoms with van der Waals surface area (Å²) in [4.78, 5) is 13.9. The number of carbonyl (C=O) groups is 1. The third-order valence-electron chi connectivity index (χ3n) is 2.91. The Labute approximate surface area is 121 Å². The van der Waals surface area contributed by atoms with E-state index in [2.05, 4.69) is 22.3 Å². The molecule has 0 bridgehead atoms. The van der Waals surface area contributed by atoms with Crippen LogP contribution < -0.4 is 11.1 Å². The molecule has 0 radical (unpaired) electrons. The zero-order valence-electron chi connectivity index (χ0n) is 12.2. The topological polar surface area (TPSA) is 67.6 Å². The molecule has 0 saturated carbocycles. The third-order valence-corrected chi connectivity index (χ3v) is 2.91. The van der Waals surface area contributed by atoms with Crippen LogP contribution in [0, 0.1) is 0 Å². The molecular weight excluding hydrogens is 254 g/mol. The molecule has 0 atom stereocenters. The lowest BCUT2D eigenvalue weighted by Gasteiger charge is -2.21. The maximum absolute atomic E-state index is 11.8. The first-order chi connectivity index (χ1) is 9.76. The summed E-state index contributed by atoms with van der Waals surface area (Å²) < 4.78 is 4.94. The molecule has 112 valence electrons. The SMILES string of the molecule is COCCCNC(=O)CN(CCN)Cc1ccccc1. The predicted octanol–water partition coefficient (Wildman–Crippen LogP) is 0.600. The second-order valence-electron chi connectivity index (χ2n) is 4.68. The van der Waals surface area contributed by atoms with E-state index in [0.717, 1.165) is 13.0 Å². The lowest BCUT2D eigenvalue weighted by molar-refractivity contribution is -0.122. The van der Waals surface area contributed by atoms with E-state index < -0.39 is 0 Å². The Morgan fingerprint density at radius 3 is 2.75 bits per heavy atom. The molecule has 1 rings (SSSR count). The molecule has 3 N–H and O–H groups in total. The number of benzene rings is 1. The largest absolute Gasteiger partial charge is 0.385 e. The van der Waals surface area contributed by atoms with Gasteiger partial charge in [0.25, 0.3) is 0 Å². The Kier molecular flexibility index (Phi) is 8.62. The highest BCUT2D eigenvalue weighted by Gasteiger charge is 2.10. The lowest BCUT2D eigenvalue weighted by atomic mass is 10.2. The van der Waals surface area contributed by atoms with Gasteiger partial charge in [-0.05, 0) is 12.0 Å². The second kappa shape index (κ2) is 10.4. The van der Waals surface area contributed by atoms with Gasteiger partial charge in [-0.25, -0.2) is 0 Å². The normalized spacial score (nSPS) is 10.8. The van der Waals surface area contributed by atoms with Crippen molar-refractivity contribution < 1.29 is 9.53 Å².